The zero-order chi connectivity index (χ0) is 25.3. The van der Waals surface area contributed by atoms with E-state index in [1.807, 2.05) is 0 Å². The van der Waals surface area contributed by atoms with Gasteiger partial charge < -0.3 is 20.3 Å². The van der Waals surface area contributed by atoms with E-state index in [9.17, 15) is 23.4 Å². The molecule has 3 unspecified atom stereocenters. The van der Waals surface area contributed by atoms with Crippen molar-refractivity contribution in [3.63, 3.8) is 0 Å². The van der Waals surface area contributed by atoms with Crippen molar-refractivity contribution in [2.45, 2.75) is 108 Å². The largest absolute Gasteiger partial charge is 0.433 e. The highest BCUT2D eigenvalue weighted by Gasteiger charge is 2.45. The maximum atomic E-state index is 13.0. The number of aliphatic hydroxyl groups is 2. The van der Waals surface area contributed by atoms with Crippen LogP contribution in [0.4, 0.5) is 19.0 Å². The second-order valence-electron chi connectivity index (χ2n) is 11.9. The van der Waals surface area contributed by atoms with Crippen molar-refractivity contribution in [2.24, 2.45) is 29.6 Å². The zero-order valence-corrected chi connectivity index (χ0v) is 21.0. The van der Waals surface area contributed by atoms with E-state index in [0.717, 1.165) is 43.1 Å². The summed E-state index contributed by atoms with van der Waals surface area (Å²) in [5.41, 5.74) is -0.999. The first-order valence-corrected chi connectivity index (χ1v) is 14.1. The average Bonchev–Trinajstić information content (AvgIpc) is 3.55. The minimum absolute atomic E-state index is 0.00621. The van der Waals surface area contributed by atoms with Gasteiger partial charge in [0, 0.05) is 0 Å². The molecule has 3 saturated carbocycles. The maximum absolute atomic E-state index is 13.0. The molecule has 0 aromatic carbocycles. The molecule has 8 heteroatoms. The quantitative estimate of drug-likeness (QED) is 0.451. The highest BCUT2D eigenvalue weighted by atomic mass is 19.4. The van der Waals surface area contributed by atoms with Crippen LogP contribution in [-0.4, -0.2) is 46.2 Å². The number of halogens is 3. The molecule has 36 heavy (non-hydrogen) atoms. The van der Waals surface area contributed by atoms with Crippen molar-refractivity contribution >= 4 is 5.82 Å². The van der Waals surface area contributed by atoms with Crippen molar-refractivity contribution in [1.82, 2.24) is 4.98 Å². The van der Waals surface area contributed by atoms with E-state index in [4.69, 9.17) is 4.74 Å². The summed E-state index contributed by atoms with van der Waals surface area (Å²) in [4.78, 5) is 3.60. The third-order valence-electron chi connectivity index (χ3n) is 9.61. The molecule has 0 spiro atoms. The van der Waals surface area contributed by atoms with Crippen LogP contribution in [0.25, 0.3) is 0 Å². The first-order chi connectivity index (χ1) is 17.3. The molecule has 1 saturated heterocycles. The Morgan fingerprint density at radius 3 is 2.25 bits per heavy atom. The highest BCUT2D eigenvalue weighted by Crippen LogP contribution is 2.45. The van der Waals surface area contributed by atoms with Crippen LogP contribution < -0.4 is 5.32 Å². The van der Waals surface area contributed by atoms with Gasteiger partial charge >= 0.3 is 6.18 Å². The molecule has 3 aliphatic carbocycles. The van der Waals surface area contributed by atoms with Crippen molar-refractivity contribution in [3.05, 3.63) is 23.9 Å². The second kappa shape index (κ2) is 11.2. The third kappa shape index (κ3) is 6.02. The number of ether oxygens (including phenoxy) is 1. The van der Waals surface area contributed by atoms with E-state index in [-0.39, 0.29) is 18.3 Å². The number of aromatic nitrogens is 1. The molecule has 4 fully saturated rings. The Morgan fingerprint density at radius 1 is 0.861 bits per heavy atom. The fraction of sp³-hybridized carbons (Fsp3) is 0.821. The molecule has 5 rings (SSSR count). The molecule has 0 amide bonds. The van der Waals surface area contributed by atoms with Gasteiger partial charge in [-0.1, -0.05) is 51.0 Å². The molecule has 4 aliphatic rings. The molecule has 6 atom stereocenters. The number of rotatable bonds is 6. The fourth-order valence-electron chi connectivity index (χ4n) is 7.67. The van der Waals surface area contributed by atoms with Crippen LogP contribution >= 0.6 is 0 Å². The Balaban J connectivity index is 1.09. The minimum atomic E-state index is -4.54. The standard InChI is InChI=1S/C28H41F3N2O3/c29-28(30,31)23-6-3-7-24(33-23)32-22-16-36-27(26(35)25(22)34)21-13-10-18(15-21)14-17-8-11-20(12-9-17)19-4-1-2-5-19/h3,6-7,17-22,25-27,34-35H,1-2,4-5,8-16H2,(H,32,33)/t17?,18?,20?,21?,22-,25+,26+,27?/m0/s1. The number of pyridine rings is 1. The third-order valence-corrected chi connectivity index (χ3v) is 9.61. The fourth-order valence-corrected chi connectivity index (χ4v) is 7.67. The van der Waals surface area contributed by atoms with E-state index in [2.05, 4.69) is 10.3 Å². The number of hydrogen-bond donors (Lipinski definition) is 3. The van der Waals surface area contributed by atoms with E-state index >= 15 is 0 Å². The van der Waals surface area contributed by atoms with Crippen molar-refractivity contribution in [2.75, 3.05) is 11.9 Å². The highest BCUT2D eigenvalue weighted by molar-refractivity contribution is 5.38. The predicted molar refractivity (Wildman–Crippen MR) is 131 cm³/mol. The first-order valence-electron chi connectivity index (χ1n) is 14.1. The molecule has 0 radical (unpaired) electrons. The van der Waals surface area contributed by atoms with Crippen LogP contribution in [0, 0.1) is 29.6 Å². The Morgan fingerprint density at radius 2 is 1.53 bits per heavy atom. The number of nitrogens with zero attached hydrogens (tertiary/aromatic N) is 1. The molecule has 1 aromatic heterocycles. The van der Waals surface area contributed by atoms with Crippen LogP contribution in [0.2, 0.25) is 0 Å². The lowest BCUT2D eigenvalue weighted by Crippen LogP contribution is -2.57. The lowest BCUT2D eigenvalue weighted by Gasteiger charge is -2.40. The van der Waals surface area contributed by atoms with E-state index in [1.165, 1.54) is 69.9 Å². The smallest absolute Gasteiger partial charge is 0.388 e. The van der Waals surface area contributed by atoms with Gasteiger partial charge in [-0.05, 0) is 73.8 Å². The minimum Gasteiger partial charge on any atom is -0.388 e. The molecule has 0 bridgehead atoms. The van der Waals surface area contributed by atoms with Crippen LogP contribution in [0.15, 0.2) is 18.2 Å². The van der Waals surface area contributed by atoms with Gasteiger partial charge in [0.05, 0.1) is 18.8 Å². The summed E-state index contributed by atoms with van der Waals surface area (Å²) in [7, 11) is 0. The Kier molecular flexibility index (Phi) is 8.13. The molecule has 5 nitrogen and oxygen atoms in total. The number of nitrogens with one attached hydrogen (secondary N) is 1. The molecule has 202 valence electrons. The zero-order valence-electron chi connectivity index (χ0n) is 21.0. The monoisotopic (exact) mass is 510 g/mol. The molecular formula is C28H41F3N2O3. The predicted octanol–water partition coefficient (Wildman–Crippen LogP) is 5.80. The van der Waals surface area contributed by atoms with Crippen LogP contribution in [0.5, 0.6) is 0 Å². The Bertz CT molecular complexity index is 855. The summed E-state index contributed by atoms with van der Waals surface area (Å²) in [6, 6.07) is 2.87. The summed E-state index contributed by atoms with van der Waals surface area (Å²) >= 11 is 0. The summed E-state index contributed by atoms with van der Waals surface area (Å²) < 4.78 is 44.9. The topological polar surface area (TPSA) is 74.6 Å². The van der Waals surface area contributed by atoms with Crippen LogP contribution in [0.3, 0.4) is 0 Å². The normalized spacial score (nSPS) is 38.4. The summed E-state index contributed by atoms with van der Waals surface area (Å²) in [6.45, 7) is 0.118. The summed E-state index contributed by atoms with van der Waals surface area (Å²) in [6.07, 6.45) is 8.50. The second-order valence-corrected chi connectivity index (χ2v) is 11.9. The van der Waals surface area contributed by atoms with E-state index < -0.39 is 36.2 Å². The SMILES string of the molecule is O[C@@H]1[C@@H](Nc2cccc(C(F)(F)F)n2)COC(C2CCC(CC3CCC(C4CCCC4)CC3)C2)[C@@H]1O. The van der Waals surface area contributed by atoms with Gasteiger partial charge in [-0.15, -0.1) is 0 Å². The molecule has 1 aromatic rings. The summed E-state index contributed by atoms with van der Waals surface area (Å²) in [5, 5.41) is 24.4. The average molecular weight is 511 g/mol. The van der Waals surface area contributed by atoms with Gasteiger partial charge in [-0.2, -0.15) is 13.2 Å². The number of alkyl halides is 3. The molecule has 1 aliphatic heterocycles. The van der Waals surface area contributed by atoms with E-state index in [0.29, 0.717) is 5.92 Å². The maximum Gasteiger partial charge on any atom is 0.433 e. The van der Waals surface area contributed by atoms with Crippen LogP contribution in [0.1, 0.15) is 82.7 Å². The molecule has 2 heterocycles. The number of anilines is 1. The van der Waals surface area contributed by atoms with Crippen molar-refractivity contribution in [1.29, 1.82) is 0 Å². The lowest BCUT2D eigenvalue weighted by atomic mass is 9.73. The number of aliphatic hydroxyl groups excluding tert-OH is 2. The Labute approximate surface area is 212 Å². The van der Waals surface area contributed by atoms with Gasteiger partial charge in [0.15, 0.2) is 0 Å². The van der Waals surface area contributed by atoms with Gasteiger partial charge in [-0.3, -0.25) is 0 Å². The summed E-state index contributed by atoms with van der Waals surface area (Å²) in [5.74, 6) is 3.64. The van der Waals surface area contributed by atoms with Crippen molar-refractivity contribution < 1.29 is 28.1 Å². The van der Waals surface area contributed by atoms with Crippen molar-refractivity contribution in [3.8, 4) is 0 Å². The Hall–Kier alpha value is -1.38. The van der Waals surface area contributed by atoms with Gasteiger partial charge in [0.2, 0.25) is 0 Å². The molecular weight excluding hydrogens is 469 g/mol. The van der Waals surface area contributed by atoms with Gasteiger partial charge in [0.1, 0.15) is 23.7 Å². The number of hydrogen-bond acceptors (Lipinski definition) is 5. The van der Waals surface area contributed by atoms with Gasteiger partial charge in [0.25, 0.3) is 0 Å². The van der Waals surface area contributed by atoms with E-state index in [1.54, 1.807) is 0 Å². The van der Waals surface area contributed by atoms with Crippen LogP contribution in [-0.2, 0) is 10.9 Å². The first kappa shape index (κ1) is 26.2. The lowest BCUT2D eigenvalue weighted by molar-refractivity contribution is -0.158. The molecule has 3 N–H and O–H groups in total. The van der Waals surface area contributed by atoms with Gasteiger partial charge in [-0.25, -0.2) is 4.98 Å².